The van der Waals surface area contributed by atoms with Crippen molar-refractivity contribution < 1.29 is 19.2 Å². The first-order valence-corrected chi connectivity index (χ1v) is 6.49. The molecule has 8 heteroatoms. The summed E-state index contributed by atoms with van der Waals surface area (Å²) in [6.45, 7) is 2.27. The summed E-state index contributed by atoms with van der Waals surface area (Å²) in [5.74, 6) is -0.328. The van der Waals surface area contributed by atoms with Crippen LogP contribution in [0.1, 0.15) is 26.2 Å². The van der Waals surface area contributed by atoms with Gasteiger partial charge < -0.3 is 10.2 Å². The molecule has 1 unspecified atom stereocenters. The van der Waals surface area contributed by atoms with Gasteiger partial charge in [-0.3, -0.25) is 19.8 Å². The first kappa shape index (κ1) is 15.9. The fraction of sp³-hybridized carbons (Fsp3) is 0.667. The van der Waals surface area contributed by atoms with Crippen molar-refractivity contribution in [1.29, 1.82) is 0 Å². The highest BCUT2D eigenvalue weighted by molar-refractivity contribution is 6.04. The lowest BCUT2D eigenvalue weighted by atomic mass is 10.1. The SMILES string of the molecule is CCCCC1NC(=O)NC1=O.CN1CC(=O)N(C)C1=O. The van der Waals surface area contributed by atoms with Crippen molar-refractivity contribution in [3.8, 4) is 0 Å². The Morgan fingerprint density at radius 1 is 1.20 bits per heavy atom. The summed E-state index contributed by atoms with van der Waals surface area (Å²) in [6, 6.07) is -0.876. The van der Waals surface area contributed by atoms with E-state index in [0.29, 0.717) is 0 Å². The van der Waals surface area contributed by atoms with Gasteiger partial charge in [0.05, 0.1) is 0 Å². The van der Waals surface area contributed by atoms with E-state index >= 15 is 0 Å². The smallest absolute Gasteiger partial charge is 0.326 e. The predicted molar refractivity (Wildman–Crippen MR) is 70.8 cm³/mol. The highest BCUT2D eigenvalue weighted by Gasteiger charge is 2.29. The topological polar surface area (TPSA) is 98.8 Å². The number of amides is 6. The third kappa shape index (κ3) is 3.94. The van der Waals surface area contributed by atoms with Crippen molar-refractivity contribution in [3.63, 3.8) is 0 Å². The molecule has 0 radical (unpaired) electrons. The van der Waals surface area contributed by atoms with Crippen LogP contribution in [-0.4, -0.2) is 60.4 Å². The molecule has 2 aliphatic rings. The number of likely N-dealkylation sites (N-methyl/N-ethyl adjacent to an activating group) is 2. The van der Waals surface area contributed by atoms with Crippen molar-refractivity contribution in [2.75, 3.05) is 20.6 Å². The van der Waals surface area contributed by atoms with Crippen LogP contribution >= 0.6 is 0 Å². The van der Waals surface area contributed by atoms with Gasteiger partial charge in [-0.1, -0.05) is 19.8 Å². The van der Waals surface area contributed by atoms with Crippen LogP contribution in [0.5, 0.6) is 0 Å². The van der Waals surface area contributed by atoms with Crippen LogP contribution in [0.2, 0.25) is 0 Å². The lowest BCUT2D eigenvalue weighted by Gasteiger charge is -2.05. The molecule has 2 fully saturated rings. The Labute approximate surface area is 117 Å². The summed E-state index contributed by atoms with van der Waals surface area (Å²) in [4.78, 5) is 45.4. The molecular formula is C12H20N4O4. The molecule has 2 heterocycles. The summed E-state index contributed by atoms with van der Waals surface area (Å²) >= 11 is 0. The Morgan fingerprint density at radius 3 is 2.15 bits per heavy atom. The molecule has 8 nitrogen and oxygen atoms in total. The van der Waals surface area contributed by atoms with Crippen LogP contribution in [0.25, 0.3) is 0 Å². The number of imide groups is 2. The minimum atomic E-state index is -0.365. The monoisotopic (exact) mass is 284 g/mol. The van der Waals surface area contributed by atoms with Gasteiger partial charge in [-0.15, -0.1) is 0 Å². The minimum absolute atomic E-state index is 0.137. The average Bonchev–Trinajstić information content (AvgIpc) is 2.82. The fourth-order valence-electron chi connectivity index (χ4n) is 1.81. The molecule has 0 aromatic carbocycles. The van der Waals surface area contributed by atoms with Crippen LogP contribution in [0, 0.1) is 0 Å². The first-order valence-electron chi connectivity index (χ1n) is 6.49. The molecule has 2 N–H and O–H groups in total. The normalized spacial score (nSPS) is 21.6. The molecule has 0 bridgehead atoms. The Bertz CT molecular complexity index is 424. The van der Waals surface area contributed by atoms with E-state index in [4.69, 9.17) is 0 Å². The lowest BCUT2D eigenvalue weighted by molar-refractivity contribution is -0.124. The number of carbonyl (C=O) groups excluding carboxylic acids is 4. The Morgan fingerprint density at radius 2 is 1.85 bits per heavy atom. The van der Waals surface area contributed by atoms with Crippen molar-refractivity contribution in [3.05, 3.63) is 0 Å². The van der Waals surface area contributed by atoms with E-state index in [9.17, 15) is 19.2 Å². The molecule has 2 saturated heterocycles. The van der Waals surface area contributed by atoms with Crippen molar-refractivity contribution >= 4 is 23.9 Å². The third-order valence-corrected chi connectivity index (χ3v) is 3.06. The van der Waals surface area contributed by atoms with Crippen LogP contribution < -0.4 is 10.6 Å². The maximum absolute atomic E-state index is 10.9. The van der Waals surface area contributed by atoms with Crippen molar-refractivity contribution in [2.45, 2.75) is 32.2 Å². The van der Waals surface area contributed by atoms with Gasteiger partial charge in [0.1, 0.15) is 12.6 Å². The minimum Gasteiger partial charge on any atom is -0.326 e. The lowest BCUT2D eigenvalue weighted by Crippen LogP contribution is -2.28. The quantitative estimate of drug-likeness (QED) is 0.707. The first-order chi connectivity index (χ1) is 9.36. The number of rotatable bonds is 3. The molecule has 0 aromatic heterocycles. The van der Waals surface area contributed by atoms with Gasteiger partial charge in [-0.25, -0.2) is 9.59 Å². The van der Waals surface area contributed by atoms with Gasteiger partial charge in [-0.05, 0) is 6.42 Å². The summed E-state index contributed by atoms with van der Waals surface area (Å²) in [5.41, 5.74) is 0. The second-order valence-corrected chi connectivity index (χ2v) is 4.75. The summed E-state index contributed by atoms with van der Waals surface area (Å²) in [5, 5.41) is 4.73. The van der Waals surface area contributed by atoms with Crippen LogP contribution in [-0.2, 0) is 9.59 Å². The summed E-state index contributed by atoms with van der Waals surface area (Å²) in [6.07, 6.45) is 2.76. The number of unbranched alkanes of at least 4 members (excludes halogenated alkanes) is 1. The standard InChI is InChI=1S/C7H12N2O2.C5H8N2O2/c1-2-3-4-5-6(10)9-7(11)8-5;1-6-3-4(8)7(2)5(6)9/h5H,2-4H2,1H3,(H2,8,9,10,11);3H2,1-2H3. The molecule has 20 heavy (non-hydrogen) atoms. The third-order valence-electron chi connectivity index (χ3n) is 3.06. The van der Waals surface area contributed by atoms with Gasteiger partial charge in [0.15, 0.2) is 0 Å². The highest BCUT2D eigenvalue weighted by atomic mass is 16.2. The number of carbonyl (C=O) groups is 4. The molecule has 0 aromatic rings. The van der Waals surface area contributed by atoms with Crippen LogP contribution in [0.15, 0.2) is 0 Å². The Hall–Kier alpha value is -2.12. The predicted octanol–water partition coefficient (Wildman–Crippen LogP) is -0.105. The second kappa shape index (κ2) is 6.88. The molecule has 112 valence electrons. The number of nitrogens with zero attached hydrogens (tertiary/aromatic N) is 2. The average molecular weight is 284 g/mol. The molecule has 6 amide bonds. The van der Waals surface area contributed by atoms with Crippen LogP contribution in [0.4, 0.5) is 9.59 Å². The van der Waals surface area contributed by atoms with Gasteiger partial charge in [0.25, 0.3) is 5.91 Å². The second-order valence-electron chi connectivity index (χ2n) is 4.75. The maximum Gasteiger partial charge on any atom is 0.326 e. The zero-order chi connectivity index (χ0) is 15.3. The molecule has 1 atom stereocenters. The number of nitrogens with one attached hydrogen (secondary N) is 2. The van der Waals surface area contributed by atoms with Gasteiger partial charge >= 0.3 is 12.1 Å². The van der Waals surface area contributed by atoms with E-state index in [1.54, 1.807) is 7.05 Å². The van der Waals surface area contributed by atoms with E-state index in [2.05, 4.69) is 17.6 Å². The van der Waals surface area contributed by atoms with Gasteiger partial charge in [-0.2, -0.15) is 0 Å². The van der Waals surface area contributed by atoms with Crippen molar-refractivity contribution in [1.82, 2.24) is 20.4 Å². The van der Waals surface area contributed by atoms with E-state index in [1.165, 1.54) is 11.9 Å². The summed E-state index contributed by atoms with van der Waals surface area (Å²) < 4.78 is 0. The fourth-order valence-corrected chi connectivity index (χ4v) is 1.81. The molecule has 2 aliphatic heterocycles. The Balaban J connectivity index is 0.000000204. The van der Waals surface area contributed by atoms with E-state index in [0.717, 1.165) is 24.2 Å². The molecule has 0 aliphatic carbocycles. The molecule has 0 saturated carbocycles. The highest BCUT2D eigenvalue weighted by Crippen LogP contribution is 2.04. The Kier molecular flexibility index (Phi) is 5.48. The van der Waals surface area contributed by atoms with Gasteiger partial charge in [0.2, 0.25) is 5.91 Å². The number of hydrogen-bond donors (Lipinski definition) is 2. The van der Waals surface area contributed by atoms with Crippen LogP contribution in [0.3, 0.4) is 0 Å². The molecular weight excluding hydrogens is 264 g/mol. The van der Waals surface area contributed by atoms with Crippen molar-refractivity contribution in [2.24, 2.45) is 0 Å². The van der Waals surface area contributed by atoms with E-state index in [1.807, 2.05) is 0 Å². The number of hydrogen-bond acceptors (Lipinski definition) is 4. The largest absolute Gasteiger partial charge is 0.326 e. The maximum atomic E-state index is 10.9. The van der Waals surface area contributed by atoms with E-state index in [-0.39, 0.29) is 36.5 Å². The summed E-state index contributed by atoms with van der Waals surface area (Å²) in [7, 11) is 3.08. The van der Waals surface area contributed by atoms with Gasteiger partial charge in [0, 0.05) is 14.1 Å². The number of urea groups is 2. The zero-order valence-corrected chi connectivity index (χ0v) is 11.9. The van der Waals surface area contributed by atoms with E-state index < -0.39 is 0 Å². The molecule has 2 rings (SSSR count). The zero-order valence-electron chi connectivity index (χ0n) is 11.9. The molecule has 0 spiro atoms.